The topological polar surface area (TPSA) is 88.8 Å². The van der Waals surface area contributed by atoms with Crippen molar-refractivity contribution in [1.29, 1.82) is 0 Å². The highest BCUT2D eigenvalue weighted by molar-refractivity contribution is 5.97. The number of hydrogen-bond acceptors (Lipinski definition) is 6. The Balaban J connectivity index is 1.44. The van der Waals surface area contributed by atoms with Gasteiger partial charge in [0.25, 0.3) is 11.6 Å². The van der Waals surface area contributed by atoms with Crippen molar-refractivity contribution in [2.24, 2.45) is 0 Å². The zero-order valence-electron chi connectivity index (χ0n) is 17.0. The number of piperazine rings is 1. The van der Waals surface area contributed by atoms with Crippen LogP contribution >= 0.6 is 0 Å². The fourth-order valence-electron chi connectivity index (χ4n) is 3.71. The van der Waals surface area contributed by atoms with Crippen molar-refractivity contribution < 1.29 is 18.8 Å². The monoisotopic (exact) mass is 424 g/mol. The van der Waals surface area contributed by atoms with Crippen molar-refractivity contribution in [3.63, 3.8) is 0 Å². The number of para-hydroxylation sites is 1. The number of pyridine rings is 1. The lowest BCUT2D eigenvalue weighted by atomic mass is 10.1. The Morgan fingerprint density at radius 3 is 2.55 bits per heavy atom. The first kappa shape index (κ1) is 20.5. The average Bonchev–Trinajstić information content (AvgIpc) is 2.77. The Kier molecular flexibility index (Phi) is 5.66. The average molecular weight is 424 g/mol. The van der Waals surface area contributed by atoms with Crippen molar-refractivity contribution in [1.82, 2.24) is 9.88 Å². The predicted octanol–water partition coefficient (Wildman–Crippen LogP) is 3.32. The number of ether oxygens (including phenoxy) is 1. The SMILES string of the molecule is Cc1cc(N2CCN(C(=O)COc3ccc(F)cc3)CC2)c2cccc([N+](=O)[O-])c2n1. The van der Waals surface area contributed by atoms with Crippen LogP contribution < -0.4 is 9.64 Å². The minimum atomic E-state index is -0.420. The molecule has 0 atom stereocenters. The van der Waals surface area contributed by atoms with Gasteiger partial charge in [0.2, 0.25) is 0 Å². The maximum Gasteiger partial charge on any atom is 0.295 e. The van der Waals surface area contributed by atoms with Crippen LogP contribution in [-0.4, -0.2) is 53.5 Å². The zero-order chi connectivity index (χ0) is 22.0. The molecule has 0 radical (unpaired) electrons. The largest absolute Gasteiger partial charge is 0.484 e. The van der Waals surface area contributed by atoms with Crippen LogP contribution in [0.4, 0.5) is 15.8 Å². The van der Waals surface area contributed by atoms with Gasteiger partial charge in [-0.25, -0.2) is 9.37 Å². The van der Waals surface area contributed by atoms with E-state index < -0.39 is 4.92 Å². The van der Waals surface area contributed by atoms with Gasteiger partial charge in [-0.2, -0.15) is 0 Å². The van der Waals surface area contributed by atoms with Crippen LogP contribution in [0.15, 0.2) is 48.5 Å². The van der Waals surface area contributed by atoms with Crippen LogP contribution in [0.5, 0.6) is 5.75 Å². The number of anilines is 1. The molecule has 0 spiro atoms. The highest BCUT2D eigenvalue weighted by Crippen LogP contribution is 2.32. The molecule has 1 amide bonds. The van der Waals surface area contributed by atoms with E-state index >= 15 is 0 Å². The van der Waals surface area contributed by atoms with Gasteiger partial charge >= 0.3 is 0 Å². The predicted molar refractivity (Wildman–Crippen MR) is 114 cm³/mol. The Morgan fingerprint density at radius 1 is 1.16 bits per heavy atom. The summed E-state index contributed by atoms with van der Waals surface area (Å²) in [5, 5.41) is 12.1. The van der Waals surface area contributed by atoms with E-state index in [-0.39, 0.29) is 24.0 Å². The first-order chi connectivity index (χ1) is 14.9. The molecule has 0 aliphatic carbocycles. The van der Waals surface area contributed by atoms with Crippen molar-refractivity contribution >= 4 is 28.2 Å². The number of nitro benzene ring substituents is 1. The second kappa shape index (κ2) is 8.55. The van der Waals surface area contributed by atoms with E-state index in [2.05, 4.69) is 9.88 Å². The summed E-state index contributed by atoms with van der Waals surface area (Å²) >= 11 is 0. The van der Waals surface area contributed by atoms with Gasteiger partial charge in [-0.3, -0.25) is 14.9 Å². The van der Waals surface area contributed by atoms with Crippen molar-refractivity contribution in [2.75, 3.05) is 37.7 Å². The third-order valence-corrected chi connectivity index (χ3v) is 5.27. The van der Waals surface area contributed by atoms with Crippen molar-refractivity contribution in [2.45, 2.75) is 6.92 Å². The Labute approximate surface area is 178 Å². The standard InChI is InChI=1S/C22H21FN4O4/c1-15-13-20(18-3-2-4-19(27(29)30)22(18)24-15)25-9-11-26(12-10-25)21(28)14-31-17-7-5-16(23)6-8-17/h2-8,13H,9-12,14H2,1H3. The van der Waals surface area contributed by atoms with Gasteiger partial charge in [0, 0.05) is 49.0 Å². The normalized spacial score (nSPS) is 14.0. The lowest BCUT2D eigenvalue weighted by molar-refractivity contribution is -0.383. The van der Waals surface area contributed by atoms with Crippen LogP contribution in [-0.2, 0) is 4.79 Å². The van der Waals surface area contributed by atoms with Crippen LogP contribution in [0, 0.1) is 22.9 Å². The molecule has 1 aromatic heterocycles. The maximum absolute atomic E-state index is 13.0. The fourth-order valence-corrected chi connectivity index (χ4v) is 3.71. The molecule has 2 aromatic carbocycles. The van der Waals surface area contributed by atoms with E-state index in [1.54, 1.807) is 11.0 Å². The van der Waals surface area contributed by atoms with E-state index in [1.807, 2.05) is 19.1 Å². The van der Waals surface area contributed by atoms with E-state index in [4.69, 9.17) is 4.74 Å². The Morgan fingerprint density at radius 2 is 1.87 bits per heavy atom. The van der Waals surface area contributed by atoms with Gasteiger partial charge in [0.15, 0.2) is 12.1 Å². The van der Waals surface area contributed by atoms with Gasteiger partial charge in [-0.15, -0.1) is 0 Å². The Hall–Kier alpha value is -3.75. The molecule has 2 heterocycles. The van der Waals surface area contributed by atoms with E-state index in [1.165, 1.54) is 30.3 Å². The highest BCUT2D eigenvalue weighted by atomic mass is 19.1. The molecule has 1 saturated heterocycles. The zero-order valence-corrected chi connectivity index (χ0v) is 17.0. The molecule has 0 bridgehead atoms. The summed E-state index contributed by atoms with van der Waals surface area (Å²) in [5.74, 6) is -0.0666. The van der Waals surface area contributed by atoms with Crippen molar-refractivity contribution in [3.05, 3.63) is 70.2 Å². The molecule has 0 unspecified atom stereocenters. The minimum absolute atomic E-state index is 0.0193. The second-order valence-electron chi connectivity index (χ2n) is 7.32. The van der Waals surface area contributed by atoms with Crippen LogP contribution in [0.1, 0.15) is 5.69 Å². The molecule has 0 N–H and O–H groups in total. The number of nitrogens with zero attached hydrogens (tertiary/aromatic N) is 4. The Bertz CT molecular complexity index is 1130. The molecule has 160 valence electrons. The molecule has 3 aromatic rings. The van der Waals surface area contributed by atoms with Gasteiger partial charge in [0.1, 0.15) is 11.6 Å². The smallest absolute Gasteiger partial charge is 0.295 e. The number of carbonyl (C=O) groups is 1. The quantitative estimate of drug-likeness (QED) is 0.461. The number of hydrogen-bond donors (Lipinski definition) is 0. The third-order valence-electron chi connectivity index (χ3n) is 5.27. The summed E-state index contributed by atoms with van der Waals surface area (Å²) in [7, 11) is 0. The molecule has 1 fully saturated rings. The first-order valence-corrected chi connectivity index (χ1v) is 9.88. The number of carbonyl (C=O) groups excluding carboxylic acids is 1. The van der Waals surface area contributed by atoms with E-state index in [9.17, 15) is 19.3 Å². The molecule has 0 saturated carbocycles. The second-order valence-corrected chi connectivity index (χ2v) is 7.32. The number of aromatic nitrogens is 1. The lowest BCUT2D eigenvalue weighted by Gasteiger charge is -2.36. The minimum Gasteiger partial charge on any atom is -0.484 e. The molecule has 1 aliphatic heterocycles. The summed E-state index contributed by atoms with van der Waals surface area (Å²) in [6, 6.07) is 12.4. The molecule has 8 nitrogen and oxygen atoms in total. The summed E-state index contributed by atoms with van der Waals surface area (Å²) in [6.07, 6.45) is 0. The van der Waals surface area contributed by atoms with Crippen LogP contribution in [0.3, 0.4) is 0 Å². The number of nitro groups is 1. The molecular formula is C22H21FN4O4. The summed E-state index contributed by atoms with van der Waals surface area (Å²) in [5.41, 5.74) is 1.92. The number of benzene rings is 2. The summed E-state index contributed by atoms with van der Waals surface area (Å²) < 4.78 is 18.4. The molecule has 4 rings (SSSR count). The van der Waals surface area contributed by atoms with Gasteiger partial charge in [0.05, 0.1) is 4.92 Å². The van der Waals surface area contributed by atoms with Crippen molar-refractivity contribution in [3.8, 4) is 5.75 Å². The number of fused-ring (bicyclic) bond motifs is 1. The number of amides is 1. The summed E-state index contributed by atoms with van der Waals surface area (Å²) in [4.78, 5) is 31.7. The number of aryl methyl sites for hydroxylation is 1. The van der Waals surface area contributed by atoms with Gasteiger partial charge < -0.3 is 14.5 Å². The molecule has 1 aliphatic rings. The summed E-state index contributed by atoms with van der Waals surface area (Å²) in [6.45, 7) is 3.88. The molecular weight excluding hydrogens is 403 g/mol. The van der Waals surface area contributed by atoms with Gasteiger partial charge in [-0.1, -0.05) is 12.1 Å². The van der Waals surface area contributed by atoms with E-state index in [0.717, 1.165) is 11.1 Å². The van der Waals surface area contributed by atoms with Crippen LogP contribution in [0.2, 0.25) is 0 Å². The molecule has 9 heteroatoms. The molecule has 31 heavy (non-hydrogen) atoms. The first-order valence-electron chi connectivity index (χ1n) is 9.88. The maximum atomic E-state index is 13.0. The van der Waals surface area contributed by atoms with Gasteiger partial charge in [-0.05, 0) is 37.3 Å². The number of non-ortho nitro benzene ring substituents is 1. The fraction of sp³-hybridized carbons (Fsp3) is 0.273. The number of halogens is 1. The highest BCUT2D eigenvalue weighted by Gasteiger charge is 2.24. The third kappa shape index (κ3) is 4.40. The lowest BCUT2D eigenvalue weighted by Crippen LogP contribution is -2.50. The number of rotatable bonds is 5. The van der Waals surface area contributed by atoms with Crippen LogP contribution in [0.25, 0.3) is 10.9 Å². The van der Waals surface area contributed by atoms with E-state index in [0.29, 0.717) is 43.1 Å².